The Labute approximate surface area is 179 Å². The summed E-state index contributed by atoms with van der Waals surface area (Å²) in [6.45, 7) is 9.35. The molecule has 1 N–H and O–H groups in total. The summed E-state index contributed by atoms with van der Waals surface area (Å²) < 4.78 is 17.3. The highest BCUT2D eigenvalue weighted by Gasteiger charge is 2.32. The minimum atomic E-state index is 0.147. The highest BCUT2D eigenvalue weighted by Crippen LogP contribution is 2.30. The first-order valence-corrected chi connectivity index (χ1v) is 11.7. The molecule has 0 saturated carbocycles. The Balaban J connectivity index is 1.53. The number of thioether (sulfide) groups is 1. The fraction of sp³-hybridized carbons (Fsp3) is 0.682. The van der Waals surface area contributed by atoms with Crippen molar-refractivity contribution in [3.8, 4) is 5.75 Å². The number of benzene rings is 1. The molecule has 3 unspecified atom stereocenters. The van der Waals surface area contributed by atoms with E-state index in [1.807, 2.05) is 23.9 Å². The largest absolute Gasteiger partial charge is 0.496 e. The molecular weight excluding hydrogens is 386 g/mol. The summed E-state index contributed by atoms with van der Waals surface area (Å²) in [5.74, 6) is 3.40. The molecule has 6 nitrogen and oxygen atoms in total. The van der Waals surface area contributed by atoms with Crippen LogP contribution in [0.3, 0.4) is 0 Å². The number of hydrogen-bond donors (Lipinski definition) is 1. The molecule has 7 heteroatoms. The molecule has 2 aliphatic rings. The molecule has 3 atom stereocenters. The maximum atomic E-state index is 5.99. The Morgan fingerprint density at radius 2 is 2.14 bits per heavy atom. The monoisotopic (exact) mass is 421 g/mol. The van der Waals surface area contributed by atoms with E-state index in [0.29, 0.717) is 5.92 Å². The predicted molar refractivity (Wildman–Crippen MR) is 119 cm³/mol. The minimum absolute atomic E-state index is 0.147. The quantitative estimate of drug-likeness (QED) is 0.395. The average Bonchev–Trinajstić information content (AvgIpc) is 3.30. The van der Waals surface area contributed by atoms with Crippen molar-refractivity contribution in [2.45, 2.75) is 43.8 Å². The van der Waals surface area contributed by atoms with Gasteiger partial charge in [-0.25, -0.2) is 0 Å². The third-order valence-corrected chi connectivity index (χ3v) is 6.64. The Bertz CT molecular complexity index is 652. The first-order chi connectivity index (χ1) is 14.2. The zero-order chi connectivity index (χ0) is 20.5. The molecule has 2 heterocycles. The lowest BCUT2D eigenvalue weighted by Crippen LogP contribution is -2.53. The lowest BCUT2D eigenvalue weighted by Gasteiger charge is -2.37. The van der Waals surface area contributed by atoms with Crippen LogP contribution in [0.5, 0.6) is 5.75 Å². The van der Waals surface area contributed by atoms with Gasteiger partial charge in [-0.1, -0.05) is 19.1 Å². The van der Waals surface area contributed by atoms with Crippen LogP contribution in [0.25, 0.3) is 0 Å². The molecule has 0 radical (unpaired) electrons. The van der Waals surface area contributed by atoms with E-state index < -0.39 is 0 Å². The maximum Gasteiger partial charge on any atom is 0.194 e. The predicted octanol–water partition coefficient (Wildman–Crippen LogP) is 3.27. The van der Waals surface area contributed by atoms with Crippen molar-refractivity contribution in [1.82, 2.24) is 10.2 Å². The van der Waals surface area contributed by atoms with Crippen LogP contribution in [-0.4, -0.2) is 75.3 Å². The summed E-state index contributed by atoms with van der Waals surface area (Å²) >= 11 is 1.83. The van der Waals surface area contributed by atoms with Gasteiger partial charge in [0.2, 0.25) is 0 Å². The smallest absolute Gasteiger partial charge is 0.194 e. The molecule has 2 saturated heterocycles. The van der Waals surface area contributed by atoms with Gasteiger partial charge in [-0.15, -0.1) is 11.8 Å². The number of ether oxygens (including phenoxy) is 3. The third kappa shape index (κ3) is 6.52. The Morgan fingerprint density at radius 1 is 1.31 bits per heavy atom. The number of morpholine rings is 1. The summed E-state index contributed by atoms with van der Waals surface area (Å²) in [6, 6.07) is 8.19. The highest BCUT2D eigenvalue weighted by atomic mass is 32.2. The zero-order valence-corrected chi connectivity index (χ0v) is 18.7. The number of nitrogens with one attached hydrogen (secondary N) is 1. The lowest BCUT2D eigenvalue weighted by atomic mass is 10.1. The van der Waals surface area contributed by atoms with Crippen LogP contribution in [0.4, 0.5) is 0 Å². The molecule has 2 aliphatic heterocycles. The maximum absolute atomic E-state index is 5.99. The molecule has 0 bridgehead atoms. The van der Waals surface area contributed by atoms with Crippen LogP contribution in [0, 0.1) is 5.92 Å². The molecule has 1 aromatic rings. The van der Waals surface area contributed by atoms with Gasteiger partial charge < -0.3 is 24.4 Å². The van der Waals surface area contributed by atoms with Gasteiger partial charge in [-0.3, -0.25) is 4.99 Å². The van der Waals surface area contributed by atoms with Crippen LogP contribution in [0.2, 0.25) is 0 Å². The van der Waals surface area contributed by atoms with Crippen molar-refractivity contribution in [2.24, 2.45) is 10.9 Å². The van der Waals surface area contributed by atoms with Crippen molar-refractivity contribution < 1.29 is 14.2 Å². The number of nitrogens with zero attached hydrogens (tertiary/aromatic N) is 2. The van der Waals surface area contributed by atoms with Crippen LogP contribution in [0.1, 0.15) is 26.7 Å². The molecule has 29 heavy (non-hydrogen) atoms. The van der Waals surface area contributed by atoms with Crippen LogP contribution in [-0.2, 0) is 9.47 Å². The topological polar surface area (TPSA) is 55.3 Å². The van der Waals surface area contributed by atoms with E-state index in [1.165, 1.54) is 4.90 Å². The van der Waals surface area contributed by atoms with Crippen molar-refractivity contribution in [3.63, 3.8) is 0 Å². The first kappa shape index (κ1) is 22.2. The van der Waals surface area contributed by atoms with E-state index >= 15 is 0 Å². The number of guanidine groups is 1. The molecule has 2 fully saturated rings. The standard InChI is InChI=1S/C22H35N3O3S/c1-4-23-22(25-11-13-28-20(15-25)18-9-7-12-27-18)24-14-17(2)16-29-21-10-6-5-8-19(21)26-3/h5-6,8,10,17-18,20H,4,7,9,11-16H2,1-3H3,(H,23,24). The van der Waals surface area contributed by atoms with Crippen molar-refractivity contribution >= 4 is 17.7 Å². The fourth-order valence-electron chi connectivity index (χ4n) is 3.68. The molecule has 0 amide bonds. The molecule has 162 valence electrons. The fourth-order valence-corrected chi connectivity index (χ4v) is 4.72. The van der Waals surface area contributed by atoms with Gasteiger partial charge in [0.15, 0.2) is 5.96 Å². The molecule has 0 aromatic heterocycles. The lowest BCUT2D eigenvalue weighted by molar-refractivity contribution is -0.0817. The van der Waals surface area contributed by atoms with Crippen molar-refractivity contribution in [3.05, 3.63) is 24.3 Å². The van der Waals surface area contributed by atoms with Gasteiger partial charge in [-0.05, 0) is 37.8 Å². The van der Waals surface area contributed by atoms with E-state index in [2.05, 4.69) is 36.2 Å². The zero-order valence-electron chi connectivity index (χ0n) is 17.9. The molecule has 0 spiro atoms. The second kappa shape index (κ2) is 11.7. The molecular formula is C22H35N3O3S. The molecule has 1 aromatic carbocycles. The van der Waals surface area contributed by atoms with E-state index in [4.69, 9.17) is 19.2 Å². The van der Waals surface area contributed by atoms with Crippen LogP contribution in [0.15, 0.2) is 34.2 Å². The number of methoxy groups -OCH3 is 1. The second-order valence-corrected chi connectivity index (χ2v) is 8.73. The van der Waals surface area contributed by atoms with E-state index in [0.717, 1.165) is 69.7 Å². The Kier molecular flexibility index (Phi) is 8.95. The first-order valence-electron chi connectivity index (χ1n) is 10.7. The Hall–Kier alpha value is -1.44. The van der Waals surface area contributed by atoms with Gasteiger partial charge in [-0.2, -0.15) is 0 Å². The molecule has 0 aliphatic carbocycles. The summed E-state index contributed by atoms with van der Waals surface area (Å²) in [6.07, 6.45) is 2.62. The van der Waals surface area contributed by atoms with Crippen molar-refractivity contribution in [2.75, 3.05) is 52.3 Å². The molecule has 3 rings (SSSR count). The third-order valence-electron chi connectivity index (χ3n) is 5.25. The normalized spacial score (nSPS) is 23.8. The SMILES string of the molecule is CCNC(=NCC(C)CSc1ccccc1OC)N1CCOC(C2CCCO2)C1. The van der Waals surface area contributed by atoms with Gasteiger partial charge in [0, 0.05) is 43.4 Å². The summed E-state index contributed by atoms with van der Waals surface area (Å²) in [5.41, 5.74) is 0. The number of hydrogen-bond acceptors (Lipinski definition) is 5. The Morgan fingerprint density at radius 3 is 2.90 bits per heavy atom. The van der Waals surface area contributed by atoms with E-state index in [1.54, 1.807) is 7.11 Å². The number of para-hydroxylation sites is 1. The number of rotatable bonds is 8. The second-order valence-electron chi connectivity index (χ2n) is 7.67. The van der Waals surface area contributed by atoms with Gasteiger partial charge >= 0.3 is 0 Å². The highest BCUT2D eigenvalue weighted by molar-refractivity contribution is 7.99. The minimum Gasteiger partial charge on any atom is -0.496 e. The summed E-state index contributed by atoms with van der Waals surface area (Å²) in [4.78, 5) is 8.46. The van der Waals surface area contributed by atoms with E-state index in [9.17, 15) is 0 Å². The van der Waals surface area contributed by atoms with Crippen LogP contribution >= 0.6 is 11.8 Å². The summed E-state index contributed by atoms with van der Waals surface area (Å²) in [5, 5.41) is 3.46. The van der Waals surface area contributed by atoms with E-state index in [-0.39, 0.29) is 12.2 Å². The van der Waals surface area contributed by atoms with Gasteiger partial charge in [0.1, 0.15) is 11.9 Å². The average molecular weight is 422 g/mol. The van der Waals surface area contributed by atoms with Crippen molar-refractivity contribution in [1.29, 1.82) is 0 Å². The summed E-state index contributed by atoms with van der Waals surface area (Å²) in [7, 11) is 1.72. The number of aliphatic imine (C=N–C) groups is 1. The van der Waals surface area contributed by atoms with Gasteiger partial charge in [0.25, 0.3) is 0 Å². The van der Waals surface area contributed by atoms with Crippen LogP contribution < -0.4 is 10.1 Å². The van der Waals surface area contributed by atoms with Gasteiger partial charge in [0.05, 0.1) is 19.8 Å².